The molecule has 15 heavy (non-hydrogen) atoms. The zero-order chi connectivity index (χ0) is 10.8. The standard InChI is InChI=1S/C9H10F3NO.ClH/c1-2-14-6-3-4-8(13)7(5-6)9(10,11)12;/h3-5H,2,13H2,1H3;1H. The molecule has 1 rings (SSSR count). The molecule has 0 aliphatic carbocycles. The molecule has 2 N–H and O–H groups in total. The van der Waals surface area contributed by atoms with Crippen molar-refractivity contribution in [3.05, 3.63) is 23.8 Å². The van der Waals surface area contributed by atoms with Gasteiger partial charge in [-0.05, 0) is 25.1 Å². The Labute approximate surface area is 91.6 Å². The summed E-state index contributed by atoms with van der Waals surface area (Å²) in [4.78, 5) is 0. The minimum atomic E-state index is -4.43. The van der Waals surface area contributed by atoms with Crippen LogP contribution in [0.4, 0.5) is 18.9 Å². The Bertz CT molecular complexity index is 328. The largest absolute Gasteiger partial charge is 0.494 e. The molecule has 0 aromatic heterocycles. The van der Waals surface area contributed by atoms with Crippen LogP contribution in [-0.2, 0) is 6.18 Å². The molecule has 0 aliphatic heterocycles. The molecule has 0 unspecified atom stereocenters. The number of rotatable bonds is 2. The average molecular weight is 242 g/mol. The highest BCUT2D eigenvalue weighted by Gasteiger charge is 2.33. The van der Waals surface area contributed by atoms with E-state index in [0.29, 0.717) is 6.61 Å². The third-order valence-corrected chi connectivity index (χ3v) is 1.64. The summed E-state index contributed by atoms with van der Waals surface area (Å²) >= 11 is 0. The SMILES string of the molecule is CCOc1ccc(N)c(C(F)(F)F)c1.Cl. The van der Waals surface area contributed by atoms with Crippen molar-refractivity contribution in [1.82, 2.24) is 0 Å². The predicted molar refractivity (Wildman–Crippen MR) is 54.3 cm³/mol. The zero-order valence-corrected chi connectivity index (χ0v) is 8.78. The lowest BCUT2D eigenvalue weighted by atomic mass is 10.1. The van der Waals surface area contributed by atoms with E-state index >= 15 is 0 Å². The summed E-state index contributed by atoms with van der Waals surface area (Å²) in [5, 5.41) is 0. The van der Waals surface area contributed by atoms with Gasteiger partial charge in [-0.3, -0.25) is 0 Å². The van der Waals surface area contributed by atoms with Gasteiger partial charge in [0, 0.05) is 5.69 Å². The number of hydrogen-bond donors (Lipinski definition) is 1. The second kappa shape index (κ2) is 5.11. The van der Waals surface area contributed by atoms with E-state index in [2.05, 4.69) is 0 Å². The van der Waals surface area contributed by atoms with Crippen molar-refractivity contribution in [1.29, 1.82) is 0 Å². The number of benzene rings is 1. The zero-order valence-electron chi connectivity index (χ0n) is 7.97. The van der Waals surface area contributed by atoms with Crippen molar-refractivity contribution in [2.45, 2.75) is 13.1 Å². The summed E-state index contributed by atoms with van der Waals surface area (Å²) in [5.41, 5.74) is 4.05. The van der Waals surface area contributed by atoms with E-state index in [9.17, 15) is 13.2 Å². The molecule has 0 amide bonds. The van der Waals surface area contributed by atoms with Gasteiger partial charge in [0.15, 0.2) is 0 Å². The third-order valence-electron chi connectivity index (χ3n) is 1.64. The molecule has 2 nitrogen and oxygen atoms in total. The van der Waals surface area contributed by atoms with E-state index in [0.717, 1.165) is 6.07 Å². The number of nitrogens with two attached hydrogens (primary N) is 1. The Balaban J connectivity index is 0.00000196. The first kappa shape index (κ1) is 13.9. The van der Waals surface area contributed by atoms with Crippen LogP contribution in [0.1, 0.15) is 12.5 Å². The number of ether oxygens (including phenoxy) is 1. The number of alkyl halides is 3. The molecule has 0 saturated heterocycles. The molecule has 0 aliphatic rings. The summed E-state index contributed by atoms with van der Waals surface area (Å²) in [6, 6.07) is 3.50. The van der Waals surface area contributed by atoms with E-state index in [4.69, 9.17) is 10.5 Å². The van der Waals surface area contributed by atoms with Gasteiger partial charge in [-0.25, -0.2) is 0 Å². The molecule has 1 aromatic carbocycles. The second-order valence-corrected chi connectivity index (χ2v) is 2.68. The minimum absolute atomic E-state index is 0. The van der Waals surface area contributed by atoms with Crippen LogP contribution in [0.3, 0.4) is 0 Å². The van der Waals surface area contributed by atoms with Gasteiger partial charge in [-0.15, -0.1) is 12.4 Å². The Hall–Kier alpha value is -1.10. The van der Waals surface area contributed by atoms with Crippen molar-refractivity contribution >= 4 is 18.1 Å². The van der Waals surface area contributed by atoms with Crippen LogP contribution in [0.15, 0.2) is 18.2 Å². The Morgan fingerprint density at radius 2 is 1.93 bits per heavy atom. The Morgan fingerprint density at radius 3 is 2.40 bits per heavy atom. The van der Waals surface area contributed by atoms with Crippen molar-refractivity contribution < 1.29 is 17.9 Å². The molecule has 6 heteroatoms. The fourth-order valence-electron chi connectivity index (χ4n) is 1.04. The topological polar surface area (TPSA) is 35.2 Å². The summed E-state index contributed by atoms with van der Waals surface area (Å²) in [6.07, 6.45) is -4.43. The van der Waals surface area contributed by atoms with E-state index in [-0.39, 0.29) is 23.8 Å². The molecule has 0 fully saturated rings. The highest BCUT2D eigenvalue weighted by Crippen LogP contribution is 2.35. The summed E-state index contributed by atoms with van der Waals surface area (Å²) < 4.78 is 41.9. The van der Waals surface area contributed by atoms with Gasteiger partial charge in [-0.1, -0.05) is 0 Å². The Morgan fingerprint density at radius 1 is 1.33 bits per heavy atom. The first-order valence-corrected chi connectivity index (χ1v) is 4.04. The van der Waals surface area contributed by atoms with Gasteiger partial charge in [0.2, 0.25) is 0 Å². The van der Waals surface area contributed by atoms with Crippen molar-refractivity contribution in [2.75, 3.05) is 12.3 Å². The quantitative estimate of drug-likeness (QED) is 0.808. The normalized spacial score (nSPS) is 10.7. The Kier molecular flexibility index (Phi) is 4.74. The summed E-state index contributed by atoms with van der Waals surface area (Å²) in [5.74, 6) is 0.175. The monoisotopic (exact) mass is 241 g/mol. The molecule has 0 bridgehead atoms. The van der Waals surface area contributed by atoms with Crippen molar-refractivity contribution in [3.8, 4) is 5.75 Å². The fraction of sp³-hybridized carbons (Fsp3) is 0.333. The molecule has 0 heterocycles. The molecule has 0 spiro atoms. The number of hydrogen-bond acceptors (Lipinski definition) is 2. The van der Waals surface area contributed by atoms with Crippen LogP contribution in [0.25, 0.3) is 0 Å². The van der Waals surface area contributed by atoms with Crippen LogP contribution in [0.5, 0.6) is 5.75 Å². The molecular formula is C9H11ClF3NO. The van der Waals surface area contributed by atoms with Crippen LogP contribution < -0.4 is 10.5 Å². The van der Waals surface area contributed by atoms with Crippen LogP contribution >= 0.6 is 12.4 Å². The maximum atomic E-state index is 12.3. The minimum Gasteiger partial charge on any atom is -0.494 e. The average Bonchev–Trinajstić information content (AvgIpc) is 2.07. The third kappa shape index (κ3) is 3.51. The van der Waals surface area contributed by atoms with Crippen LogP contribution in [-0.4, -0.2) is 6.61 Å². The van der Waals surface area contributed by atoms with Crippen LogP contribution in [0.2, 0.25) is 0 Å². The first-order valence-electron chi connectivity index (χ1n) is 4.04. The number of anilines is 1. The number of halogens is 4. The smallest absolute Gasteiger partial charge is 0.418 e. The lowest BCUT2D eigenvalue weighted by molar-refractivity contribution is -0.137. The summed E-state index contributed by atoms with van der Waals surface area (Å²) in [7, 11) is 0. The fourth-order valence-corrected chi connectivity index (χ4v) is 1.04. The second-order valence-electron chi connectivity index (χ2n) is 2.68. The van der Waals surface area contributed by atoms with Gasteiger partial charge in [0.1, 0.15) is 5.75 Å². The lowest BCUT2D eigenvalue weighted by Gasteiger charge is -2.11. The number of nitrogen functional groups attached to an aromatic ring is 1. The van der Waals surface area contributed by atoms with E-state index in [1.54, 1.807) is 6.92 Å². The maximum absolute atomic E-state index is 12.3. The van der Waals surface area contributed by atoms with Gasteiger partial charge >= 0.3 is 6.18 Å². The molecule has 86 valence electrons. The molecule has 0 atom stereocenters. The van der Waals surface area contributed by atoms with Gasteiger partial charge in [0.05, 0.1) is 12.2 Å². The lowest BCUT2D eigenvalue weighted by Crippen LogP contribution is -2.09. The highest BCUT2D eigenvalue weighted by atomic mass is 35.5. The van der Waals surface area contributed by atoms with E-state index < -0.39 is 11.7 Å². The van der Waals surface area contributed by atoms with Gasteiger partial charge < -0.3 is 10.5 Å². The first-order chi connectivity index (χ1) is 6.45. The molecule has 0 radical (unpaired) electrons. The molecule has 1 aromatic rings. The predicted octanol–water partition coefficient (Wildman–Crippen LogP) is 3.11. The van der Waals surface area contributed by atoms with Crippen molar-refractivity contribution in [2.24, 2.45) is 0 Å². The van der Waals surface area contributed by atoms with E-state index in [1.807, 2.05) is 0 Å². The van der Waals surface area contributed by atoms with E-state index in [1.165, 1.54) is 12.1 Å². The van der Waals surface area contributed by atoms with Gasteiger partial charge in [0.25, 0.3) is 0 Å². The summed E-state index contributed by atoms with van der Waals surface area (Å²) in [6.45, 7) is 2.02. The van der Waals surface area contributed by atoms with Crippen LogP contribution in [0, 0.1) is 0 Å². The molecular weight excluding hydrogens is 231 g/mol. The van der Waals surface area contributed by atoms with Gasteiger partial charge in [-0.2, -0.15) is 13.2 Å². The molecule has 0 saturated carbocycles. The van der Waals surface area contributed by atoms with Crippen molar-refractivity contribution in [3.63, 3.8) is 0 Å². The highest BCUT2D eigenvalue weighted by molar-refractivity contribution is 5.85. The maximum Gasteiger partial charge on any atom is 0.418 e.